The van der Waals surface area contributed by atoms with Crippen molar-refractivity contribution in [2.45, 2.75) is 0 Å². The van der Waals surface area contributed by atoms with Gasteiger partial charge in [0.05, 0.1) is 16.7 Å². The summed E-state index contributed by atoms with van der Waals surface area (Å²) in [5, 5.41) is 8.99. The van der Waals surface area contributed by atoms with Crippen LogP contribution >= 0.6 is 7.14 Å². The van der Waals surface area contributed by atoms with E-state index >= 15 is 4.57 Å². The predicted octanol–water partition coefficient (Wildman–Crippen LogP) is 10.1. The molecule has 0 aliphatic heterocycles. The van der Waals surface area contributed by atoms with Gasteiger partial charge in [-0.05, 0) is 50.9 Å². The van der Waals surface area contributed by atoms with E-state index in [4.69, 9.17) is 4.98 Å². The summed E-state index contributed by atoms with van der Waals surface area (Å²) in [5.41, 5.74) is 6.03. The summed E-state index contributed by atoms with van der Waals surface area (Å²) < 4.78 is 15.5. The number of hydrogen-bond donors (Lipinski definition) is 0. The highest BCUT2D eigenvalue weighted by atomic mass is 31.2. The van der Waals surface area contributed by atoms with Crippen LogP contribution in [0, 0.1) is 0 Å². The Bertz CT molecular complexity index is 2660. The van der Waals surface area contributed by atoms with E-state index in [9.17, 15) is 0 Å². The SMILES string of the molecule is O=P(c1ccccc1)(c1ccccc1)c1ccc(-c2ccc(-c3ccc4ccc5cccnc5c4n3)c3ccccc23)c2ccccc12. The Balaban J connectivity index is 1.25. The van der Waals surface area contributed by atoms with Crippen molar-refractivity contribution >= 4 is 66.4 Å². The average Bonchev–Trinajstić information content (AvgIpc) is 3.17. The number of fused-ring (bicyclic) bond motifs is 5. The highest BCUT2D eigenvalue weighted by Crippen LogP contribution is 2.46. The quantitative estimate of drug-likeness (QED) is 0.140. The lowest BCUT2D eigenvalue weighted by Crippen LogP contribution is -2.25. The third-order valence-corrected chi connectivity index (χ3v) is 12.5. The van der Waals surface area contributed by atoms with Gasteiger partial charge in [-0.2, -0.15) is 0 Å². The molecule has 0 fully saturated rings. The Labute approximate surface area is 278 Å². The number of aromatic nitrogens is 2. The molecule has 0 atom stereocenters. The van der Waals surface area contributed by atoms with Crippen LogP contribution in [0.5, 0.6) is 0 Å². The predicted molar refractivity (Wildman–Crippen MR) is 202 cm³/mol. The second-order valence-corrected chi connectivity index (χ2v) is 14.8. The van der Waals surface area contributed by atoms with E-state index in [1.54, 1.807) is 0 Å². The van der Waals surface area contributed by atoms with E-state index in [0.29, 0.717) is 0 Å². The molecule has 2 aromatic heterocycles. The zero-order valence-electron chi connectivity index (χ0n) is 26.0. The molecule has 0 bridgehead atoms. The Morgan fingerprint density at radius 1 is 0.396 bits per heavy atom. The van der Waals surface area contributed by atoms with Crippen molar-refractivity contribution in [3.63, 3.8) is 0 Å². The second kappa shape index (κ2) is 11.4. The molecule has 3 nitrogen and oxygen atoms in total. The maximum Gasteiger partial charge on any atom is 0.171 e. The van der Waals surface area contributed by atoms with E-state index < -0.39 is 7.14 Å². The van der Waals surface area contributed by atoms with Gasteiger partial charge >= 0.3 is 0 Å². The molecular weight excluding hydrogens is 603 g/mol. The summed E-state index contributed by atoms with van der Waals surface area (Å²) >= 11 is 0. The van der Waals surface area contributed by atoms with Crippen LogP contribution in [0.4, 0.5) is 0 Å². The Morgan fingerprint density at radius 3 is 1.56 bits per heavy atom. The molecule has 226 valence electrons. The molecule has 0 aliphatic rings. The van der Waals surface area contributed by atoms with Crippen molar-refractivity contribution in [1.29, 1.82) is 0 Å². The van der Waals surface area contributed by atoms with Gasteiger partial charge in [-0.3, -0.25) is 4.98 Å². The number of nitrogens with zero attached hydrogens (tertiary/aromatic N) is 2. The lowest BCUT2D eigenvalue weighted by molar-refractivity contribution is 0.592. The Morgan fingerprint density at radius 2 is 0.896 bits per heavy atom. The van der Waals surface area contributed by atoms with Gasteiger partial charge in [-0.15, -0.1) is 0 Å². The van der Waals surface area contributed by atoms with Gasteiger partial charge in [0.1, 0.15) is 0 Å². The molecule has 0 aliphatic carbocycles. The van der Waals surface area contributed by atoms with Gasteiger partial charge in [0.2, 0.25) is 0 Å². The minimum absolute atomic E-state index is 0.828. The van der Waals surface area contributed by atoms with Crippen LogP contribution in [-0.2, 0) is 4.57 Å². The van der Waals surface area contributed by atoms with E-state index in [2.05, 4.69) is 102 Å². The van der Waals surface area contributed by atoms with Crippen LogP contribution in [-0.4, -0.2) is 9.97 Å². The molecule has 0 radical (unpaired) electrons. The lowest BCUT2D eigenvalue weighted by atomic mass is 9.91. The Hall–Kier alpha value is -5.89. The molecule has 0 amide bonds. The van der Waals surface area contributed by atoms with Crippen LogP contribution in [0.3, 0.4) is 0 Å². The smallest absolute Gasteiger partial charge is 0.171 e. The first-order chi connectivity index (χ1) is 23.7. The van der Waals surface area contributed by atoms with E-state index in [1.807, 2.05) is 79.0 Å². The highest BCUT2D eigenvalue weighted by molar-refractivity contribution is 7.85. The summed E-state index contributed by atoms with van der Waals surface area (Å²) in [6.07, 6.45) is 1.83. The van der Waals surface area contributed by atoms with E-state index in [1.165, 1.54) is 0 Å². The molecule has 7 aromatic carbocycles. The fourth-order valence-electron chi connectivity index (χ4n) is 7.13. The average molecular weight is 633 g/mol. The fraction of sp³-hybridized carbons (Fsp3) is 0. The van der Waals surface area contributed by atoms with Gasteiger partial charge in [-0.1, -0.05) is 152 Å². The minimum atomic E-state index is -3.18. The molecule has 9 rings (SSSR count). The molecule has 48 heavy (non-hydrogen) atoms. The zero-order chi connectivity index (χ0) is 32.1. The van der Waals surface area contributed by atoms with Crippen LogP contribution in [0.2, 0.25) is 0 Å². The third-order valence-electron chi connectivity index (χ3n) is 9.40. The second-order valence-electron chi connectivity index (χ2n) is 12.1. The maximum absolute atomic E-state index is 15.5. The highest BCUT2D eigenvalue weighted by Gasteiger charge is 2.31. The first-order valence-corrected chi connectivity index (χ1v) is 17.8. The van der Waals surface area contributed by atoms with Crippen molar-refractivity contribution in [2.75, 3.05) is 0 Å². The summed E-state index contributed by atoms with van der Waals surface area (Å²) in [4.78, 5) is 9.85. The van der Waals surface area contributed by atoms with Crippen LogP contribution in [0.15, 0.2) is 176 Å². The van der Waals surface area contributed by atoms with Gasteiger partial charge < -0.3 is 4.57 Å². The van der Waals surface area contributed by atoms with Gasteiger partial charge in [0, 0.05) is 38.4 Å². The first kappa shape index (κ1) is 28.3. The maximum atomic E-state index is 15.5. The first-order valence-electron chi connectivity index (χ1n) is 16.1. The van der Waals surface area contributed by atoms with Crippen molar-refractivity contribution in [1.82, 2.24) is 9.97 Å². The van der Waals surface area contributed by atoms with Crippen LogP contribution < -0.4 is 15.9 Å². The van der Waals surface area contributed by atoms with Crippen molar-refractivity contribution in [2.24, 2.45) is 0 Å². The third kappa shape index (κ3) is 4.47. The molecule has 0 saturated heterocycles. The number of pyridine rings is 2. The molecule has 0 N–H and O–H groups in total. The zero-order valence-corrected chi connectivity index (χ0v) is 26.9. The van der Waals surface area contributed by atoms with Crippen LogP contribution in [0.25, 0.3) is 65.7 Å². The number of hydrogen-bond acceptors (Lipinski definition) is 3. The summed E-state index contributed by atoms with van der Waals surface area (Å²) in [5.74, 6) is 0. The Kier molecular flexibility index (Phi) is 6.74. The van der Waals surface area contributed by atoms with Gasteiger partial charge in [0.15, 0.2) is 7.14 Å². The molecule has 0 spiro atoms. The molecule has 2 heterocycles. The van der Waals surface area contributed by atoms with Gasteiger partial charge in [-0.25, -0.2) is 4.98 Å². The summed E-state index contributed by atoms with van der Waals surface area (Å²) in [6, 6.07) is 57.8. The molecular formula is C44H29N2OP. The van der Waals surface area contributed by atoms with Crippen LogP contribution in [0.1, 0.15) is 0 Å². The minimum Gasteiger partial charge on any atom is -0.309 e. The lowest BCUT2D eigenvalue weighted by Gasteiger charge is -2.23. The van der Waals surface area contributed by atoms with E-state index in [0.717, 1.165) is 81.6 Å². The summed E-state index contributed by atoms with van der Waals surface area (Å²) in [6.45, 7) is 0. The topological polar surface area (TPSA) is 42.9 Å². The fourth-order valence-corrected chi connectivity index (χ4v) is 9.98. The molecule has 0 unspecified atom stereocenters. The largest absolute Gasteiger partial charge is 0.309 e. The van der Waals surface area contributed by atoms with Gasteiger partial charge in [0.25, 0.3) is 0 Å². The van der Waals surface area contributed by atoms with E-state index in [-0.39, 0.29) is 0 Å². The number of rotatable bonds is 5. The normalized spacial score (nSPS) is 11.8. The van der Waals surface area contributed by atoms with Crippen molar-refractivity contribution in [3.05, 3.63) is 176 Å². The van der Waals surface area contributed by atoms with Crippen molar-refractivity contribution < 1.29 is 4.57 Å². The van der Waals surface area contributed by atoms with Crippen molar-refractivity contribution in [3.8, 4) is 22.4 Å². The monoisotopic (exact) mass is 632 g/mol. The molecule has 0 saturated carbocycles. The summed E-state index contributed by atoms with van der Waals surface area (Å²) in [7, 11) is -3.18. The molecule has 4 heteroatoms. The molecule has 9 aromatic rings. The number of benzene rings is 7. The standard InChI is InChI=1S/C44H29N2OP/c47-48(32-13-3-1-4-14-32,33-15-5-2-6-16-33)42-28-26-38(36-19-9-10-20-40(36)42)37-24-25-39(35-18-8-7-17-34(35)37)41-27-23-31-22-21-30-12-11-29-45-43(30)44(31)46-41/h1-29H.